The summed E-state index contributed by atoms with van der Waals surface area (Å²) in [4.78, 5) is 21.7. The van der Waals surface area contributed by atoms with Gasteiger partial charge in [0.1, 0.15) is 6.04 Å². The second kappa shape index (κ2) is 5.30. The van der Waals surface area contributed by atoms with E-state index in [0.29, 0.717) is 6.42 Å². The average molecular weight is 221 g/mol. The molecule has 1 aromatic carbocycles. The van der Waals surface area contributed by atoms with E-state index in [4.69, 9.17) is 5.11 Å². The molecule has 0 aliphatic rings. The molecule has 1 rings (SSSR count). The van der Waals surface area contributed by atoms with Gasteiger partial charge in [-0.3, -0.25) is 4.79 Å². The van der Waals surface area contributed by atoms with Gasteiger partial charge in [0.15, 0.2) is 0 Å². The third-order valence-corrected chi connectivity index (χ3v) is 2.24. The zero-order chi connectivity index (χ0) is 12.1. The van der Waals surface area contributed by atoms with Gasteiger partial charge in [0.25, 0.3) is 0 Å². The molecule has 2 N–H and O–H groups in total. The fourth-order valence-corrected chi connectivity index (χ4v) is 1.41. The highest BCUT2D eigenvalue weighted by molar-refractivity contribution is 5.82. The second-order valence-corrected chi connectivity index (χ2v) is 3.78. The molecular formula is C12H15NO3. The maximum Gasteiger partial charge on any atom is 0.326 e. The first-order chi connectivity index (χ1) is 7.49. The SMILES string of the molecule is CC(=O)NC(Cc1ccc(C)cc1)C(=O)O. The molecule has 1 unspecified atom stereocenters. The Morgan fingerprint density at radius 2 is 1.88 bits per heavy atom. The molecule has 1 amide bonds. The zero-order valence-electron chi connectivity index (χ0n) is 9.36. The normalized spacial score (nSPS) is 11.9. The molecule has 0 aliphatic carbocycles. The Hall–Kier alpha value is -1.84. The van der Waals surface area contributed by atoms with Crippen LogP contribution in [-0.4, -0.2) is 23.0 Å². The van der Waals surface area contributed by atoms with E-state index in [1.165, 1.54) is 6.92 Å². The standard InChI is InChI=1S/C12H15NO3/c1-8-3-5-10(6-4-8)7-11(12(15)16)13-9(2)14/h3-6,11H,7H2,1-2H3,(H,13,14)(H,15,16). The smallest absolute Gasteiger partial charge is 0.326 e. The van der Waals surface area contributed by atoms with Crippen molar-refractivity contribution in [3.05, 3.63) is 35.4 Å². The lowest BCUT2D eigenvalue weighted by Gasteiger charge is -2.13. The van der Waals surface area contributed by atoms with Crippen molar-refractivity contribution in [2.45, 2.75) is 26.3 Å². The van der Waals surface area contributed by atoms with E-state index in [2.05, 4.69) is 5.32 Å². The van der Waals surface area contributed by atoms with Crippen LogP contribution >= 0.6 is 0 Å². The number of carbonyl (C=O) groups is 2. The number of benzene rings is 1. The molecule has 0 spiro atoms. The van der Waals surface area contributed by atoms with Gasteiger partial charge in [0, 0.05) is 13.3 Å². The van der Waals surface area contributed by atoms with Crippen LogP contribution in [0.15, 0.2) is 24.3 Å². The minimum absolute atomic E-state index is 0.301. The van der Waals surface area contributed by atoms with Crippen LogP contribution < -0.4 is 5.32 Å². The summed E-state index contributed by atoms with van der Waals surface area (Å²) in [5.41, 5.74) is 2.02. The molecule has 1 aromatic rings. The lowest BCUT2D eigenvalue weighted by atomic mass is 10.0. The Labute approximate surface area is 94.3 Å². The first kappa shape index (κ1) is 12.2. The minimum atomic E-state index is -1.02. The molecule has 4 heteroatoms. The van der Waals surface area contributed by atoms with E-state index in [0.717, 1.165) is 11.1 Å². The van der Waals surface area contributed by atoms with Crippen molar-refractivity contribution in [2.24, 2.45) is 0 Å². The van der Waals surface area contributed by atoms with E-state index in [1.54, 1.807) is 0 Å². The molecule has 0 aliphatic heterocycles. The summed E-state index contributed by atoms with van der Waals surface area (Å²) < 4.78 is 0. The molecule has 0 bridgehead atoms. The number of amides is 1. The Morgan fingerprint density at radius 3 is 2.31 bits per heavy atom. The molecule has 0 saturated heterocycles. The highest BCUT2D eigenvalue weighted by Crippen LogP contribution is 2.06. The number of nitrogens with one attached hydrogen (secondary N) is 1. The molecule has 86 valence electrons. The summed E-state index contributed by atoms with van der Waals surface area (Å²) in [5.74, 6) is -1.35. The number of hydrogen-bond acceptors (Lipinski definition) is 2. The minimum Gasteiger partial charge on any atom is -0.480 e. The van der Waals surface area contributed by atoms with Crippen molar-refractivity contribution in [1.29, 1.82) is 0 Å². The Balaban J connectivity index is 2.71. The van der Waals surface area contributed by atoms with E-state index in [9.17, 15) is 9.59 Å². The molecule has 0 heterocycles. The van der Waals surface area contributed by atoms with Crippen LogP contribution in [0.3, 0.4) is 0 Å². The number of carboxylic acid groups (broad SMARTS) is 1. The number of carbonyl (C=O) groups excluding carboxylic acids is 1. The van der Waals surface area contributed by atoms with Crippen LogP contribution in [0.25, 0.3) is 0 Å². The molecule has 0 fully saturated rings. The maximum absolute atomic E-state index is 10.9. The maximum atomic E-state index is 10.9. The van der Waals surface area contributed by atoms with Gasteiger partial charge in [-0.2, -0.15) is 0 Å². The van der Waals surface area contributed by atoms with Crippen LogP contribution in [0.4, 0.5) is 0 Å². The summed E-state index contributed by atoms with van der Waals surface area (Å²) in [6.07, 6.45) is 0.301. The van der Waals surface area contributed by atoms with Gasteiger partial charge in [-0.25, -0.2) is 4.79 Å². The first-order valence-corrected chi connectivity index (χ1v) is 5.04. The fourth-order valence-electron chi connectivity index (χ4n) is 1.41. The van der Waals surface area contributed by atoms with E-state index >= 15 is 0 Å². The van der Waals surface area contributed by atoms with Crippen molar-refractivity contribution in [3.63, 3.8) is 0 Å². The highest BCUT2D eigenvalue weighted by Gasteiger charge is 2.18. The summed E-state index contributed by atoms with van der Waals surface area (Å²) in [6.45, 7) is 3.28. The first-order valence-electron chi connectivity index (χ1n) is 5.04. The number of rotatable bonds is 4. The van der Waals surface area contributed by atoms with Crippen molar-refractivity contribution in [2.75, 3.05) is 0 Å². The van der Waals surface area contributed by atoms with Gasteiger partial charge in [0.05, 0.1) is 0 Å². The third kappa shape index (κ3) is 3.73. The molecule has 4 nitrogen and oxygen atoms in total. The topological polar surface area (TPSA) is 66.4 Å². The van der Waals surface area contributed by atoms with Crippen LogP contribution in [0.5, 0.6) is 0 Å². The van der Waals surface area contributed by atoms with E-state index in [1.807, 2.05) is 31.2 Å². The number of aryl methyl sites for hydroxylation is 1. The van der Waals surface area contributed by atoms with Crippen LogP contribution in [0.2, 0.25) is 0 Å². The Morgan fingerprint density at radius 1 is 1.31 bits per heavy atom. The van der Waals surface area contributed by atoms with Crippen molar-refractivity contribution < 1.29 is 14.7 Å². The Bertz CT molecular complexity index is 384. The van der Waals surface area contributed by atoms with Crippen molar-refractivity contribution in [1.82, 2.24) is 5.32 Å². The van der Waals surface area contributed by atoms with Gasteiger partial charge < -0.3 is 10.4 Å². The lowest BCUT2D eigenvalue weighted by molar-refractivity contribution is -0.141. The van der Waals surface area contributed by atoms with E-state index in [-0.39, 0.29) is 5.91 Å². The zero-order valence-corrected chi connectivity index (χ0v) is 9.36. The number of carboxylic acids is 1. The van der Waals surface area contributed by atoms with Crippen LogP contribution in [0.1, 0.15) is 18.1 Å². The summed E-state index contributed by atoms with van der Waals surface area (Å²) in [5, 5.41) is 11.3. The predicted octanol–water partition coefficient (Wildman–Crippen LogP) is 1.13. The molecule has 16 heavy (non-hydrogen) atoms. The van der Waals surface area contributed by atoms with Crippen molar-refractivity contribution >= 4 is 11.9 Å². The highest BCUT2D eigenvalue weighted by atomic mass is 16.4. The van der Waals surface area contributed by atoms with Gasteiger partial charge in [0.2, 0.25) is 5.91 Å². The van der Waals surface area contributed by atoms with E-state index < -0.39 is 12.0 Å². The second-order valence-electron chi connectivity index (χ2n) is 3.78. The summed E-state index contributed by atoms with van der Waals surface area (Å²) in [6, 6.07) is 6.71. The van der Waals surface area contributed by atoms with Crippen molar-refractivity contribution in [3.8, 4) is 0 Å². The van der Waals surface area contributed by atoms with Gasteiger partial charge in [-0.05, 0) is 12.5 Å². The van der Waals surface area contributed by atoms with Gasteiger partial charge in [-0.15, -0.1) is 0 Å². The Kier molecular flexibility index (Phi) is 4.05. The number of hydrogen-bond donors (Lipinski definition) is 2. The predicted molar refractivity (Wildman–Crippen MR) is 60.1 cm³/mol. The monoisotopic (exact) mass is 221 g/mol. The third-order valence-electron chi connectivity index (χ3n) is 2.24. The van der Waals surface area contributed by atoms with Gasteiger partial charge >= 0.3 is 5.97 Å². The van der Waals surface area contributed by atoms with Crippen LogP contribution in [-0.2, 0) is 16.0 Å². The summed E-state index contributed by atoms with van der Waals surface area (Å²) in [7, 11) is 0. The average Bonchev–Trinajstić information content (AvgIpc) is 2.19. The van der Waals surface area contributed by atoms with Gasteiger partial charge in [-0.1, -0.05) is 29.8 Å². The quantitative estimate of drug-likeness (QED) is 0.800. The molecular weight excluding hydrogens is 206 g/mol. The largest absolute Gasteiger partial charge is 0.480 e. The molecule has 0 radical (unpaired) electrons. The van der Waals surface area contributed by atoms with Crippen LogP contribution in [0, 0.1) is 6.92 Å². The summed E-state index contributed by atoms with van der Waals surface area (Å²) >= 11 is 0. The molecule has 0 saturated carbocycles. The fraction of sp³-hybridized carbons (Fsp3) is 0.333. The lowest BCUT2D eigenvalue weighted by Crippen LogP contribution is -2.41. The molecule has 0 aromatic heterocycles. The molecule has 1 atom stereocenters. The number of aliphatic carboxylic acids is 1.